The van der Waals surface area contributed by atoms with Gasteiger partial charge in [-0.3, -0.25) is 9.69 Å². The van der Waals surface area contributed by atoms with Gasteiger partial charge >= 0.3 is 6.09 Å². The van der Waals surface area contributed by atoms with Crippen molar-refractivity contribution in [2.75, 3.05) is 16.8 Å². The lowest BCUT2D eigenvalue weighted by atomic mass is 10.2. The standard InChI is InChI=1S/C18H23N3O3S/c1-12(2)15-11-19-17(25-15)20-16(22)5-4-10-21(18(23)24)14-8-6-13(3)7-9-14/h6-9,11-12H,4-5,10H2,1-3H3,(H,23,24)(H,19,20,22). The maximum absolute atomic E-state index is 12.0. The van der Waals surface area contributed by atoms with Crippen LogP contribution in [-0.2, 0) is 4.79 Å². The summed E-state index contributed by atoms with van der Waals surface area (Å²) in [5.41, 5.74) is 1.68. The average molecular weight is 361 g/mol. The lowest BCUT2D eigenvalue weighted by molar-refractivity contribution is -0.116. The van der Waals surface area contributed by atoms with E-state index in [1.165, 1.54) is 16.2 Å². The summed E-state index contributed by atoms with van der Waals surface area (Å²) >= 11 is 1.46. The third-order valence-electron chi connectivity index (χ3n) is 3.70. The number of carbonyl (C=O) groups excluding carboxylic acids is 1. The minimum absolute atomic E-state index is 0.154. The third-order valence-corrected chi connectivity index (χ3v) is 4.91. The topological polar surface area (TPSA) is 82.5 Å². The highest BCUT2D eigenvalue weighted by molar-refractivity contribution is 7.15. The molecule has 0 aliphatic rings. The number of carbonyl (C=O) groups is 2. The van der Waals surface area contributed by atoms with Gasteiger partial charge in [-0.05, 0) is 31.4 Å². The summed E-state index contributed by atoms with van der Waals surface area (Å²) in [6.07, 6.45) is 1.43. The summed E-state index contributed by atoms with van der Waals surface area (Å²) in [6, 6.07) is 7.28. The van der Waals surface area contributed by atoms with Crippen LogP contribution in [0.25, 0.3) is 0 Å². The number of thiazole rings is 1. The molecule has 0 radical (unpaired) electrons. The number of nitrogens with zero attached hydrogens (tertiary/aromatic N) is 2. The van der Waals surface area contributed by atoms with Crippen LogP contribution in [0.5, 0.6) is 0 Å². The Hall–Kier alpha value is -2.41. The van der Waals surface area contributed by atoms with Gasteiger partial charge in [-0.15, -0.1) is 11.3 Å². The lowest BCUT2D eigenvalue weighted by Gasteiger charge is -2.19. The Morgan fingerprint density at radius 2 is 1.96 bits per heavy atom. The fraction of sp³-hybridized carbons (Fsp3) is 0.389. The van der Waals surface area contributed by atoms with E-state index in [9.17, 15) is 14.7 Å². The van der Waals surface area contributed by atoms with Gasteiger partial charge < -0.3 is 10.4 Å². The molecule has 0 saturated carbocycles. The van der Waals surface area contributed by atoms with Crippen molar-refractivity contribution in [1.29, 1.82) is 0 Å². The van der Waals surface area contributed by atoms with Crippen molar-refractivity contribution in [1.82, 2.24) is 4.98 Å². The van der Waals surface area contributed by atoms with E-state index in [4.69, 9.17) is 0 Å². The number of aromatic nitrogens is 1. The largest absolute Gasteiger partial charge is 0.465 e. The third kappa shape index (κ3) is 5.56. The number of anilines is 2. The number of carboxylic acid groups (broad SMARTS) is 1. The molecular formula is C18H23N3O3S. The van der Waals surface area contributed by atoms with Gasteiger partial charge in [-0.1, -0.05) is 31.5 Å². The zero-order chi connectivity index (χ0) is 18.4. The molecule has 25 heavy (non-hydrogen) atoms. The van der Waals surface area contributed by atoms with Crippen molar-refractivity contribution in [3.05, 3.63) is 40.9 Å². The number of aryl methyl sites for hydroxylation is 1. The Bertz CT molecular complexity index is 725. The van der Waals surface area contributed by atoms with E-state index in [-0.39, 0.29) is 18.9 Å². The minimum atomic E-state index is -1.02. The first-order valence-corrected chi connectivity index (χ1v) is 9.01. The predicted molar refractivity (Wildman–Crippen MR) is 101 cm³/mol. The smallest absolute Gasteiger partial charge is 0.411 e. The number of nitrogens with one attached hydrogen (secondary N) is 1. The van der Waals surface area contributed by atoms with Crippen molar-refractivity contribution in [3.8, 4) is 0 Å². The summed E-state index contributed by atoms with van der Waals surface area (Å²) in [7, 11) is 0. The zero-order valence-corrected chi connectivity index (χ0v) is 15.5. The number of rotatable bonds is 7. The minimum Gasteiger partial charge on any atom is -0.465 e. The van der Waals surface area contributed by atoms with Crippen molar-refractivity contribution < 1.29 is 14.7 Å². The van der Waals surface area contributed by atoms with Gasteiger partial charge in [0.05, 0.1) is 0 Å². The molecule has 2 amide bonds. The maximum atomic E-state index is 12.0. The molecule has 0 saturated heterocycles. The molecule has 0 spiro atoms. The van der Waals surface area contributed by atoms with Gasteiger partial charge in [-0.25, -0.2) is 9.78 Å². The Balaban J connectivity index is 1.85. The van der Waals surface area contributed by atoms with Crippen LogP contribution in [0.4, 0.5) is 15.6 Å². The lowest BCUT2D eigenvalue weighted by Crippen LogP contribution is -2.30. The first-order valence-electron chi connectivity index (χ1n) is 8.19. The van der Waals surface area contributed by atoms with Crippen LogP contribution in [0.1, 0.15) is 43.0 Å². The van der Waals surface area contributed by atoms with Crippen LogP contribution in [0.3, 0.4) is 0 Å². The van der Waals surface area contributed by atoms with E-state index in [0.717, 1.165) is 10.4 Å². The van der Waals surface area contributed by atoms with Gasteiger partial charge in [-0.2, -0.15) is 0 Å². The molecule has 0 aliphatic carbocycles. The molecule has 1 aromatic carbocycles. The first-order chi connectivity index (χ1) is 11.9. The number of benzene rings is 1. The van der Waals surface area contributed by atoms with Gasteiger partial charge in [0.1, 0.15) is 0 Å². The fourth-order valence-electron chi connectivity index (χ4n) is 2.25. The molecule has 0 aliphatic heterocycles. The molecule has 2 rings (SSSR count). The van der Waals surface area contributed by atoms with Crippen molar-refractivity contribution in [2.24, 2.45) is 0 Å². The molecule has 7 heteroatoms. The van der Waals surface area contributed by atoms with E-state index < -0.39 is 6.09 Å². The van der Waals surface area contributed by atoms with Crippen LogP contribution < -0.4 is 10.2 Å². The van der Waals surface area contributed by atoms with Crippen molar-refractivity contribution in [2.45, 2.75) is 39.5 Å². The highest BCUT2D eigenvalue weighted by atomic mass is 32.1. The van der Waals surface area contributed by atoms with E-state index in [2.05, 4.69) is 24.1 Å². The van der Waals surface area contributed by atoms with Gasteiger partial charge in [0, 0.05) is 29.7 Å². The number of hydrogen-bond acceptors (Lipinski definition) is 4. The second-order valence-electron chi connectivity index (χ2n) is 6.14. The highest BCUT2D eigenvalue weighted by Gasteiger charge is 2.15. The van der Waals surface area contributed by atoms with Crippen molar-refractivity contribution in [3.63, 3.8) is 0 Å². The molecule has 2 aromatic rings. The Morgan fingerprint density at radius 1 is 1.28 bits per heavy atom. The molecule has 1 aromatic heterocycles. The Morgan fingerprint density at radius 3 is 2.52 bits per heavy atom. The van der Waals surface area contributed by atoms with Crippen molar-refractivity contribution >= 4 is 34.2 Å². The Kier molecular flexibility index (Phi) is 6.52. The van der Waals surface area contributed by atoms with Crippen LogP contribution in [0.15, 0.2) is 30.5 Å². The zero-order valence-electron chi connectivity index (χ0n) is 14.7. The summed E-state index contributed by atoms with van der Waals surface area (Å²) in [6.45, 7) is 6.36. The summed E-state index contributed by atoms with van der Waals surface area (Å²) in [4.78, 5) is 30.0. The highest BCUT2D eigenvalue weighted by Crippen LogP contribution is 2.25. The van der Waals surface area contributed by atoms with Crippen LogP contribution in [0.2, 0.25) is 0 Å². The molecule has 2 N–H and O–H groups in total. The second kappa shape index (κ2) is 8.62. The summed E-state index contributed by atoms with van der Waals surface area (Å²) in [5, 5.41) is 12.7. The van der Waals surface area contributed by atoms with E-state index in [0.29, 0.717) is 23.2 Å². The predicted octanol–water partition coefficient (Wildman–Crippen LogP) is 4.48. The first kappa shape index (κ1) is 18.9. The number of hydrogen-bond donors (Lipinski definition) is 2. The molecule has 134 valence electrons. The quantitative estimate of drug-likeness (QED) is 0.762. The molecular weight excluding hydrogens is 338 g/mol. The van der Waals surface area contributed by atoms with Gasteiger partial charge in [0.2, 0.25) is 5.91 Å². The monoisotopic (exact) mass is 361 g/mol. The maximum Gasteiger partial charge on any atom is 0.411 e. The average Bonchev–Trinajstić information content (AvgIpc) is 3.01. The van der Waals surface area contributed by atoms with E-state index in [1.807, 2.05) is 19.1 Å². The van der Waals surface area contributed by atoms with Gasteiger partial charge in [0.25, 0.3) is 0 Å². The normalized spacial score (nSPS) is 10.7. The second-order valence-corrected chi connectivity index (χ2v) is 7.21. The summed E-state index contributed by atoms with van der Waals surface area (Å²) in [5.74, 6) is 0.223. The summed E-state index contributed by atoms with van der Waals surface area (Å²) < 4.78 is 0. The molecule has 0 unspecified atom stereocenters. The molecule has 1 heterocycles. The van der Waals surface area contributed by atoms with Gasteiger partial charge in [0.15, 0.2) is 5.13 Å². The van der Waals surface area contributed by atoms with E-state index in [1.54, 1.807) is 18.3 Å². The van der Waals surface area contributed by atoms with E-state index >= 15 is 0 Å². The van der Waals surface area contributed by atoms with Crippen LogP contribution in [0, 0.1) is 6.92 Å². The molecule has 0 atom stereocenters. The molecule has 6 nitrogen and oxygen atoms in total. The van der Waals surface area contributed by atoms with Crippen LogP contribution in [-0.4, -0.2) is 28.6 Å². The van der Waals surface area contributed by atoms with Crippen LogP contribution >= 0.6 is 11.3 Å². The fourth-order valence-corrected chi connectivity index (χ4v) is 3.09. The SMILES string of the molecule is Cc1ccc(N(CCCC(=O)Nc2ncc(C(C)C)s2)C(=O)O)cc1. The Labute approximate surface area is 151 Å². The number of amides is 2. The molecule has 0 bridgehead atoms. The molecule has 0 fully saturated rings.